The second-order valence-corrected chi connectivity index (χ2v) is 44.5. The second kappa shape index (κ2) is 12.1. The van der Waals surface area contributed by atoms with E-state index in [9.17, 15) is 0 Å². The molecule has 1 aliphatic carbocycles. The Morgan fingerprint density at radius 3 is 1.13 bits per heavy atom. The third-order valence-electron chi connectivity index (χ3n) is 5.61. The first-order chi connectivity index (χ1) is 14.4. The van der Waals surface area contributed by atoms with Gasteiger partial charge in [-0.15, -0.1) is 0 Å². The predicted octanol–water partition coefficient (Wildman–Crippen LogP) is 8.69. The largest absolute Gasteiger partial charge is 0.115 e. The molecule has 163 valence electrons. The van der Waals surface area contributed by atoms with Gasteiger partial charge < -0.3 is 0 Å². The molecule has 3 aromatic carbocycles. The van der Waals surface area contributed by atoms with Gasteiger partial charge in [-0.05, 0) is 62.1 Å². The van der Waals surface area contributed by atoms with Crippen LogP contribution < -0.4 is 15.9 Å². The van der Waals surface area contributed by atoms with E-state index in [1.807, 2.05) is 0 Å². The zero-order chi connectivity index (χ0) is 21.5. The van der Waals surface area contributed by atoms with Crippen molar-refractivity contribution in [2.75, 3.05) is 0 Å². The molecule has 30 heavy (non-hydrogen) atoms. The zero-order valence-corrected chi connectivity index (χ0v) is 24.9. The maximum atomic E-state index is 3.25. The summed E-state index contributed by atoms with van der Waals surface area (Å²) in [7, 11) is -1.63. The van der Waals surface area contributed by atoms with Crippen molar-refractivity contribution in [3.8, 4) is 0 Å². The van der Waals surface area contributed by atoms with E-state index < -0.39 is 12.9 Å². The van der Waals surface area contributed by atoms with Crippen LogP contribution in [0.2, 0.25) is 0 Å². The first-order valence-electron chi connectivity index (χ1n) is 10.0. The van der Waals surface area contributed by atoms with Gasteiger partial charge in [0, 0.05) is 0 Å². The Morgan fingerprint density at radius 2 is 0.833 bits per heavy atom. The van der Waals surface area contributed by atoms with Crippen molar-refractivity contribution in [3.63, 3.8) is 0 Å². The summed E-state index contributed by atoms with van der Waals surface area (Å²) in [6.45, 7) is 0. The van der Waals surface area contributed by atoms with E-state index in [0.29, 0.717) is 0 Å². The van der Waals surface area contributed by atoms with E-state index in [-0.39, 0.29) is 0 Å². The van der Waals surface area contributed by atoms with Gasteiger partial charge in [-0.2, -0.15) is 0 Å². The van der Waals surface area contributed by atoms with Crippen LogP contribution in [0.3, 0.4) is 0 Å². The van der Waals surface area contributed by atoms with Gasteiger partial charge in [-0.25, -0.2) is 0 Å². The second-order valence-electron chi connectivity index (χ2n) is 7.32. The van der Waals surface area contributed by atoms with Crippen molar-refractivity contribution in [1.29, 1.82) is 0 Å². The quantitative estimate of drug-likeness (QED) is 0.187. The molecule has 1 fully saturated rings. The molecule has 4 rings (SSSR count). The predicted molar refractivity (Wildman–Crippen MR) is 148 cm³/mol. The van der Waals surface area contributed by atoms with E-state index in [0.717, 1.165) is 5.66 Å². The van der Waals surface area contributed by atoms with Gasteiger partial charge in [-0.1, -0.05) is 61.0 Å². The molecule has 0 nitrogen and oxygen atoms in total. The van der Waals surface area contributed by atoms with Crippen LogP contribution in [0.4, 0.5) is 0 Å². The number of benzene rings is 3. The van der Waals surface area contributed by atoms with Crippen LogP contribution in [-0.2, 0) is 5.61 Å². The van der Waals surface area contributed by atoms with Crippen LogP contribution in [0.1, 0.15) is 32.1 Å². The molecule has 0 radical (unpaired) electrons. The molecule has 3 aromatic rings. The molecular weight excluding hydrogens is 695 g/mol. The molecule has 0 aromatic heterocycles. The van der Waals surface area contributed by atoms with Crippen molar-refractivity contribution in [2.24, 2.45) is 0 Å². The Bertz CT molecular complexity index is 777. The van der Waals surface area contributed by atoms with E-state index in [1.54, 1.807) is 15.9 Å². The van der Waals surface area contributed by atoms with Crippen LogP contribution >= 0.6 is 63.7 Å². The Morgan fingerprint density at radius 1 is 0.533 bits per heavy atom. The van der Waals surface area contributed by atoms with Gasteiger partial charge in [0.05, 0.1) is 5.66 Å². The Hall–Kier alpha value is 0.529. The molecule has 0 spiro atoms. The minimum Gasteiger partial charge on any atom is -0.0620 e. The average Bonchev–Trinajstić information content (AvgIpc) is 2.76. The SMILES string of the molecule is [Br][Fe-]([Br])([Br])[Br].c1ccc([P+](c2ccccc2)(c2ccccc2)C2CCCCC2)cc1. The molecule has 0 saturated heterocycles. The Labute approximate surface area is 212 Å². The van der Waals surface area contributed by atoms with Crippen LogP contribution in [0.15, 0.2) is 91.0 Å². The van der Waals surface area contributed by atoms with Crippen molar-refractivity contribution in [2.45, 2.75) is 37.8 Å². The summed E-state index contributed by atoms with van der Waals surface area (Å²) < 4.78 is 0. The van der Waals surface area contributed by atoms with Gasteiger partial charge in [-0.3, -0.25) is 0 Å². The van der Waals surface area contributed by atoms with Crippen molar-refractivity contribution >= 4 is 79.6 Å². The molecule has 6 heteroatoms. The van der Waals surface area contributed by atoms with Gasteiger partial charge in [0.2, 0.25) is 0 Å². The smallest absolute Gasteiger partial charge is 0.0620 e. The molecule has 0 N–H and O–H groups in total. The van der Waals surface area contributed by atoms with E-state index in [1.165, 1.54) is 32.1 Å². The normalized spacial score (nSPS) is 15.7. The van der Waals surface area contributed by atoms with Crippen LogP contribution in [0.25, 0.3) is 0 Å². The van der Waals surface area contributed by atoms with Crippen LogP contribution in [0, 0.1) is 0 Å². The van der Waals surface area contributed by atoms with E-state index in [4.69, 9.17) is 0 Å². The van der Waals surface area contributed by atoms with Gasteiger partial charge in [0.1, 0.15) is 23.2 Å². The summed E-state index contributed by atoms with van der Waals surface area (Å²) in [5.41, 5.74) is -0.492. The summed E-state index contributed by atoms with van der Waals surface area (Å²) in [6.07, 6.45) is 6.85. The van der Waals surface area contributed by atoms with Crippen LogP contribution in [-0.4, -0.2) is 5.66 Å². The minimum absolute atomic E-state index is 0.758. The third kappa shape index (κ3) is 6.77. The van der Waals surface area contributed by atoms with Crippen molar-refractivity contribution in [1.82, 2.24) is 0 Å². The fourth-order valence-corrected chi connectivity index (χ4v) is 9.76. The maximum absolute atomic E-state index is 3.25. The number of rotatable bonds is 4. The van der Waals surface area contributed by atoms with E-state index in [2.05, 4.69) is 147 Å². The van der Waals surface area contributed by atoms with Gasteiger partial charge >= 0.3 is 62.1 Å². The molecule has 0 aliphatic heterocycles. The van der Waals surface area contributed by atoms with E-state index >= 15 is 0 Å². The monoisotopic (exact) mass is 717 g/mol. The first-order valence-corrected chi connectivity index (χ1v) is 22.8. The summed E-state index contributed by atoms with van der Waals surface area (Å²) in [5, 5.41) is 4.62. The van der Waals surface area contributed by atoms with Crippen molar-refractivity contribution < 1.29 is 5.61 Å². The third-order valence-corrected chi connectivity index (χ3v) is 10.6. The first kappa shape index (κ1) is 25.2. The Balaban J connectivity index is 0.000000461. The molecule has 1 aliphatic rings. The average molecular weight is 721 g/mol. The molecular formula is C24H26Br4FeP. The fraction of sp³-hybridized carbons (Fsp3) is 0.250. The topological polar surface area (TPSA) is 0 Å². The number of hydrogen-bond donors (Lipinski definition) is 0. The van der Waals surface area contributed by atoms with Crippen LogP contribution in [0.5, 0.6) is 0 Å². The molecule has 0 heterocycles. The Kier molecular flexibility index (Phi) is 10.2. The van der Waals surface area contributed by atoms with Gasteiger partial charge in [0.15, 0.2) is 0 Å². The summed E-state index contributed by atoms with van der Waals surface area (Å²) in [4.78, 5) is 0. The van der Waals surface area contributed by atoms with Crippen molar-refractivity contribution in [3.05, 3.63) is 91.0 Å². The molecule has 0 amide bonds. The summed E-state index contributed by atoms with van der Waals surface area (Å²) in [5.74, 6) is 0. The number of halogens is 4. The van der Waals surface area contributed by atoms with Gasteiger partial charge in [0.25, 0.3) is 0 Å². The molecule has 0 bridgehead atoms. The fourth-order valence-electron chi connectivity index (χ4n) is 4.54. The number of hydrogen-bond acceptors (Lipinski definition) is 0. The standard InChI is InChI=1S/C24H26P.4BrH.Fe/c1-5-13-21(14-6-1)25(22-15-7-2-8-16-22,23-17-9-3-10-18-23)24-19-11-4-12-20-24;;;;;/h1-3,5-10,13-18,24H,4,11-12,19-20H2;4*1H;/q+1;;;;;+3/p-4. The molecule has 0 atom stereocenters. The molecule has 0 unspecified atom stereocenters. The summed E-state index contributed by atoms with van der Waals surface area (Å²) in [6, 6.07) is 34.0. The molecule has 1 saturated carbocycles. The minimum atomic E-state index is -1.63. The maximum Gasteiger partial charge on any atom is 0.115 e. The summed E-state index contributed by atoms with van der Waals surface area (Å²) >= 11 is 13.0. The zero-order valence-electron chi connectivity index (χ0n) is 16.6.